The summed E-state index contributed by atoms with van der Waals surface area (Å²) in [5, 5.41) is 9.43. The molecule has 0 radical (unpaired) electrons. The van der Waals surface area contributed by atoms with E-state index < -0.39 is 5.91 Å². The lowest BCUT2D eigenvalue weighted by atomic mass is 9.91. The van der Waals surface area contributed by atoms with Crippen molar-refractivity contribution < 1.29 is 9.53 Å². The van der Waals surface area contributed by atoms with Gasteiger partial charge in [0.15, 0.2) is 0 Å². The van der Waals surface area contributed by atoms with Gasteiger partial charge in [-0.15, -0.1) is 0 Å². The predicted molar refractivity (Wildman–Crippen MR) is 119 cm³/mol. The molecule has 1 aromatic carbocycles. The Morgan fingerprint density at radius 2 is 1.87 bits per heavy atom. The van der Waals surface area contributed by atoms with Gasteiger partial charge < -0.3 is 15.4 Å². The van der Waals surface area contributed by atoms with Crippen LogP contribution in [0.15, 0.2) is 36.5 Å². The largest absolute Gasteiger partial charge is 0.490 e. The first-order chi connectivity index (χ1) is 15.0. The third-order valence-electron chi connectivity index (χ3n) is 6.19. The molecule has 1 saturated carbocycles. The van der Waals surface area contributed by atoms with Crippen LogP contribution in [-0.4, -0.2) is 54.1 Å². The Kier molecular flexibility index (Phi) is 6.59. The highest BCUT2D eigenvalue weighted by atomic mass is 35.5. The first kappa shape index (κ1) is 21.4. The normalized spacial score (nSPS) is 22.0. The molecule has 4 rings (SSSR count). The Balaban J connectivity index is 1.24. The van der Waals surface area contributed by atoms with Crippen molar-refractivity contribution in [1.29, 1.82) is 5.26 Å². The molecule has 1 aromatic heterocycles. The van der Waals surface area contributed by atoms with Crippen LogP contribution >= 0.6 is 11.6 Å². The summed E-state index contributed by atoms with van der Waals surface area (Å²) in [6.07, 6.45) is 5.99. The summed E-state index contributed by atoms with van der Waals surface area (Å²) in [5.74, 6) is 1.17. The van der Waals surface area contributed by atoms with Crippen LogP contribution in [-0.2, 0) is 0 Å². The van der Waals surface area contributed by atoms with Crippen molar-refractivity contribution in [1.82, 2.24) is 9.88 Å². The van der Waals surface area contributed by atoms with Gasteiger partial charge in [0.05, 0.1) is 22.3 Å². The first-order valence-electron chi connectivity index (χ1n) is 10.6. The van der Waals surface area contributed by atoms with Crippen molar-refractivity contribution in [3.63, 3.8) is 0 Å². The van der Waals surface area contributed by atoms with Gasteiger partial charge in [0.1, 0.15) is 17.6 Å². The van der Waals surface area contributed by atoms with Crippen molar-refractivity contribution in [2.75, 3.05) is 31.1 Å². The molecule has 2 heterocycles. The van der Waals surface area contributed by atoms with Gasteiger partial charge in [0, 0.05) is 44.5 Å². The molecule has 1 saturated heterocycles. The lowest BCUT2D eigenvalue weighted by Crippen LogP contribution is -2.51. The van der Waals surface area contributed by atoms with Crippen molar-refractivity contribution in [2.24, 2.45) is 5.73 Å². The summed E-state index contributed by atoms with van der Waals surface area (Å²) in [4.78, 5) is 20.4. The minimum Gasteiger partial charge on any atom is -0.490 e. The number of anilines is 1. The lowest BCUT2D eigenvalue weighted by Gasteiger charge is -2.42. The lowest BCUT2D eigenvalue weighted by molar-refractivity contribution is 0.0845. The van der Waals surface area contributed by atoms with Crippen molar-refractivity contribution >= 4 is 23.3 Å². The number of ether oxygens (including phenoxy) is 1. The van der Waals surface area contributed by atoms with Gasteiger partial charge >= 0.3 is 0 Å². The average molecular weight is 440 g/mol. The minimum atomic E-state index is -0.453. The third-order valence-corrected chi connectivity index (χ3v) is 6.51. The summed E-state index contributed by atoms with van der Waals surface area (Å²) in [5.41, 5.74) is 6.19. The van der Waals surface area contributed by atoms with E-state index in [-0.39, 0.29) is 6.10 Å². The molecule has 162 valence electrons. The van der Waals surface area contributed by atoms with Gasteiger partial charge in [-0.3, -0.25) is 9.69 Å². The second kappa shape index (κ2) is 9.54. The summed E-state index contributed by atoms with van der Waals surface area (Å²) in [6.45, 7) is 3.84. The maximum atomic E-state index is 11.2. The number of halogens is 1. The first-order valence-corrected chi connectivity index (χ1v) is 11.0. The summed E-state index contributed by atoms with van der Waals surface area (Å²) in [7, 11) is 0. The number of piperazine rings is 1. The number of carbonyl (C=O) groups is 1. The number of benzene rings is 1. The summed E-state index contributed by atoms with van der Waals surface area (Å²) >= 11 is 6.11. The zero-order valence-corrected chi connectivity index (χ0v) is 18.1. The zero-order valence-electron chi connectivity index (χ0n) is 17.3. The number of nitrogens with two attached hydrogens (primary N) is 1. The van der Waals surface area contributed by atoms with E-state index in [0.717, 1.165) is 63.4 Å². The molecule has 2 fully saturated rings. The van der Waals surface area contributed by atoms with E-state index in [1.165, 1.54) is 0 Å². The predicted octanol–water partition coefficient (Wildman–Crippen LogP) is 3.22. The van der Waals surface area contributed by atoms with E-state index in [2.05, 4.69) is 20.9 Å². The van der Waals surface area contributed by atoms with Gasteiger partial charge in [-0.2, -0.15) is 5.26 Å². The molecule has 0 spiro atoms. The molecule has 1 aliphatic heterocycles. The Hall–Kier alpha value is -2.82. The monoisotopic (exact) mass is 439 g/mol. The standard InChI is InChI=1S/C23H26ClN5O2/c24-21-13-20(5-1-16(21)14-25)31-19-6-3-18(4-7-19)28-9-11-29(12-10-28)22-8-2-17(15-27-22)23(26)30/h1-2,5,8,13,15,18-19H,3-4,6-7,9-12H2,(H2,26,30). The third kappa shape index (κ3) is 5.09. The van der Waals surface area contributed by atoms with Crippen LogP contribution in [0, 0.1) is 11.3 Å². The number of carbonyl (C=O) groups excluding carboxylic acids is 1. The highest BCUT2D eigenvalue weighted by Gasteiger charge is 2.29. The second-order valence-corrected chi connectivity index (χ2v) is 8.50. The molecule has 0 bridgehead atoms. The smallest absolute Gasteiger partial charge is 0.250 e. The molecule has 2 aliphatic rings. The maximum Gasteiger partial charge on any atom is 0.250 e. The number of hydrogen-bond donors (Lipinski definition) is 1. The molecule has 0 unspecified atom stereocenters. The van der Waals surface area contributed by atoms with Gasteiger partial charge in [-0.1, -0.05) is 11.6 Å². The Bertz CT molecular complexity index is 959. The number of nitriles is 1. The van der Waals surface area contributed by atoms with E-state index >= 15 is 0 Å². The van der Waals surface area contributed by atoms with Gasteiger partial charge in [0.2, 0.25) is 5.91 Å². The van der Waals surface area contributed by atoms with Gasteiger partial charge in [-0.05, 0) is 49.9 Å². The fourth-order valence-corrected chi connectivity index (χ4v) is 4.63. The molecule has 7 nitrogen and oxygen atoms in total. The van der Waals surface area contributed by atoms with Crippen LogP contribution in [0.4, 0.5) is 5.82 Å². The van der Waals surface area contributed by atoms with Crippen molar-refractivity contribution in [3.05, 3.63) is 52.7 Å². The molecule has 0 atom stereocenters. The number of hydrogen-bond acceptors (Lipinski definition) is 6. The number of primary amides is 1. The second-order valence-electron chi connectivity index (χ2n) is 8.09. The summed E-state index contributed by atoms with van der Waals surface area (Å²) < 4.78 is 6.11. The average Bonchev–Trinajstić information content (AvgIpc) is 2.80. The van der Waals surface area contributed by atoms with E-state index in [0.29, 0.717) is 22.2 Å². The van der Waals surface area contributed by atoms with Crippen LogP contribution in [0.1, 0.15) is 41.6 Å². The number of amides is 1. The molecular formula is C23H26ClN5O2. The van der Waals surface area contributed by atoms with E-state index in [9.17, 15) is 4.79 Å². The maximum absolute atomic E-state index is 11.2. The Labute approximate surface area is 187 Å². The highest BCUT2D eigenvalue weighted by Crippen LogP contribution is 2.29. The Morgan fingerprint density at radius 3 is 2.45 bits per heavy atom. The fraction of sp³-hybridized carbons (Fsp3) is 0.435. The van der Waals surface area contributed by atoms with E-state index in [1.54, 1.807) is 24.4 Å². The van der Waals surface area contributed by atoms with E-state index in [4.69, 9.17) is 27.3 Å². The fourth-order valence-electron chi connectivity index (χ4n) is 4.42. The molecular weight excluding hydrogens is 414 g/mol. The molecule has 2 N–H and O–H groups in total. The van der Waals surface area contributed by atoms with Crippen LogP contribution in [0.5, 0.6) is 5.75 Å². The van der Waals surface area contributed by atoms with Crippen LogP contribution < -0.4 is 15.4 Å². The number of rotatable bonds is 5. The molecule has 31 heavy (non-hydrogen) atoms. The van der Waals surface area contributed by atoms with Crippen LogP contribution in [0.3, 0.4) is 0 Å². The zero-order chi connectivity index (χ0) is 21.8. The molecule has 1 amide bonds. The van der Waals surface area contributed by atoms with E-state index in [1.807, 2.05) is 12.1 Å². The highest BCUT2D eigenvalue weighted by molar-refractivity contribution is 6.31. The SMILES string of the molecule is N#Cc1ccc(OC2CCC(N3CCN(c4ccc(C(N)=O)cn4)CC3)CC2)cc1Cl. The number of nitrogens with zero attached hydrogens (tertiary/aromatic N) is 4. The van der Waals surface area contributed by atoms with Crippen LogP contribution in [0.2, 0.25) is 5.02 Å². The quantitative estimate of drug-likeness (QED) is 0.768. The van der Waals surface area contributed by atoms with Crippen molar-refractivity contribution in [3.8, 4) is 11.8 Å². The van der Waals surface area contributed by atoms with Gasteiger partial charge in [0.25, 0.3) is 0 Å². The molecule has 1 aliphatic carbocycles. The van der Waals surface area contributed by atoms with Crippen LogP contribution in [0.25, 0.3) is 0 Å². The molecule has 2 aromatic rings. The molecule has 8 heteroatoms. The number of pyridine rings is 1. The topological polar surface area (TPSA) is 95.5 Å². The minimum absolute atomic E-state index is 0.189. The number of aromatic nitrogens is 1. The van der Waals surface area contributed by atoms with Crippen molar-refractivity contribution in [2.45, 2.75) is 37.8 Å². The van der Waals surface area contributed by atoms with Gasteiger partial charge in [-0.25, -0.2) is 4.98 Å². The summed E-state index contributed by atoms with van der Waals surface area (Å²) in [6, 6.07) is 11.5. The Morgan fingerprint density at radius 1 is 1.13 bits per heavy atom.